The molecule has 0 atom stereocenters. The number of hydrogen-bond acceptors (Lipinski definition) is 6. The average molecular weight is 473 g/mol. The van der Waals surface area contributed by atoms with Gasteiger partial charge in [0.15, 0.2) is 0 Å². The molecule has 9 heteroatoms. The molecule has 0 saturated carbocycles. The third-order valence-electron chi connectivity index (χ3n) is 6.43. The molecule has 7 nitrogen and oxygen atoms in total. The second-order valence-electron chi connectivity index (χ2n) is 8.12. The number of para-hydroxylation sites is 1. The fourth-order valence-electron chi connectivity index (χ4n) is 4.28. The highest BCUT2D eigenvalue weighted by Gasteiger charge is 2.41. The van der Waals surface area contributed by atoms with Crippen molar-refractivity contribution in [2.45, 2.75) is 38.0 Å². The molecular formula is C23H28N4O3S2. The Balaban J connectivity index is 1.48. The lowest BCUT2D eigenvalue weighted by atomic mass is 9.78. The highest BCUT2D eigenvalue weighted by molar-refractivity contribution is 7.89. The number of benzene rings is 1. The summed E-state index contributed by atoms with van der Waals surface area (Å²) in [7, 11) is -3.60. The van der Waals surface area contributed by atoms with E-state index in [9.17, 15) is 13.2 Å². The number of pyridine rings is 1. The summed E-state index contributed by atoms with van der Waals surface area (Å²) in [6, 6.07) is 11.2. The van der Waals surface area contributed by atoms with Crippen LogP contribution in [-0.2, 0) is 21.2 Å². The number of nitrogens with zero attached hydrogens (tertiary/aromatic N) is 4. The fraction of sp³-hybridized carbons (Fsp3) is 0.435. The van der Waals surface area contributed by atoms with E-state index in [1.807, 2.05) is 23.1 Å². The molecule has 3 aromatic rings. The number of carbonyl (C=O) groups excluding carboxylic acids is 1. The molecule has 170 valence electrons. The Labute approximate surface area is 193 Å². The monoisotopic (exact) mass is 472 g/mol. The standard InChI is InChI=1S/C23H28N4O3S2/c1-3-23(4-2,16-21-25-19-9-5-6-10-20(19)31-21)22(28)26-12-14-27(15-13-26)32(29,30)18-8-7-11-24-17-18/h5-11,17H,3-4,12-16H2,1-2H3. The Morgan fingerprint density at radius 1 is 1.06 bits per heavy atom. The molecule has 1 fully saturated rings. The van der Waals surface area contributed by atoms with Gasteiger partial charge in [0.25, 0.3) is 0 Å². The number of sulfonamides is 1. The molecule has 1 aliphatic heterocycles. The van der Waals surface area contributed by atoms with Crippen LogP contribution in [0.5, 0.6) is 0 Å². The average Bonchev–Trinajstić information content (AvgIpc) is 3.25. The van der Waals surface area contributed by atoms with Crippen LogP contribution in [0.25, 0.3) is 10.2 Å². The van der Waals surface area contributed by atoms with Crippen LogP contribution < -0.4 is 0 Å². The fourth-order valence-corrected chi connectivity index (χ4v) is 6.78. The van der Waals surface area contributed by atoms with Crippen molar-refractivity contribution in [1.29, 1.82) is 0 Å². The maximum Gasteiger partial charge on any atom is 0.244 e. The van der Waals surface area contributed by atoms with Crippen molar-refractivity contribution in [3.8, 4) is 0 Å². The van der Waals surface area contributed by atoms with Gasteiger partial charge in [-0.2, -0.15) is 4.31 Å². The molecule has 0 N–H and O–H groups in total. The highest BCUT2D eigenvalue weighted by Crippen LogP contribution is 2.36. The lowest BCUT2D eigenvalue weighted by Crippen LogP contribution is -2.54. The van der Waals surface area contributed by atoms with E-state index in [1.54, 1.807) is 29.7 Å². The summed E-state index contributed by atoms with van der Waals surface area (Å²) < 4.78 is 28.3. The van der Waals surface area contributed by atoms with E-state index >= 15 is 0 Å². The molecule has 0 aliphatic carbocycles. The van der Waals surface area contributed by atoms with E-state index in [4.69, 9.17) is 4.98 Å². The SMILES string of the molecule is CCC(CC)(Cc1nc2ccccc2s1)C(=O)N1CCN(S(=O)(=O)c2cccnc2)CC1. The highest BCUT2D eigenvalue weighted by atomic mass is 32.2. The Morgan fingerprint density at radius 2 is 1.78 bits per heavy atom. The second kappa shape index (κ2) is 9.25. The predicted molar refractivity (Wildman–Crippen MR) is 126 cm³/mol. The van der Waals surface area contributed by atoms with Gasteiger partial charge in [0.1, 0.15) is 4.90 Å². The van der Waals surface area contributed by atoms with Gasteiger partial charge in [-0.05, 0) is 37.1 Å². The van der Waals surface area contributed by atoms with Crippen molar-refractivity contribution in [2.24, 2.45) is 5.41 Å². The number of amides is 1. The summed E-state index contributed by atoms with van der Waals surface area (Å²) in [5.41, 5.74) is 0.438. The Morgan fingerprint density at radius 3 is 2.41 bits per heavy atom. The topological polar surface area (TPSA) is 83.5 Å². The lowest BCUT2D eigenvalue weighted by molar-refractivity contribution is -0.144. The first-order valence-corrected chi connectivity index (χ1v) is 13.2. The van der Waals surface area contributed by atoms with Crippen LogP contribution in [-0.4, -0.2) is 59.7 Å². The van der Waals surface area contributed by atoms with Gasteiger partial charge in [-0.15, -0.1) is 11.3 Å². The molecule has 1 amide bonds. The van der Waals surface area contributed by atoms with E-state index in [2.05, 4.69) is 24.9 Å². The van der Waals surface area contributed by atoms with E-state index < -0.39 is 15.4 Å². The number of carbonyl (C=O) groups is 1. The summed E-state index contributed by atoms with van der Waals surface area (Å²) >= 11 is 1.65. The van der Waals surface area contributed by atoms with Gasteiger partial charge in [0.05, 0.1) is 20.6 Å². The smallest absolute Gasteiger partial charge is 0.244 e. The van der Waals surface area contributed by atoms with E-state index in [0.29, 0.717) is 32.4 Å². The van der Waals surface area contributed by atoms with Gasteiger partial charge in [0.2, 0.25) is 15.9 Å². The number of rotatable bonds is 7. The molecule has 1 aromatic carbocycles. The van der Waals surface area contributed by atoms with Gasteiger partial charge >= 0.3 is 0 Å². The summed E-state index contributed by atoms with van der Waals surface area (Å²) in [6.07, 6.45) is 4.95. The van der Waals surface area contributed by atoms with Crippen molar-refractivity contribution in [1.82, 2.24) is 19.2 Å². The van der Waals surface area contributed by atoms with Crippen LogP contribution in [0, 0.1) is 5.41 Å². The molecule has 0 bridgehead atoms. The largest absolute Gasteiger partial charge is 0.340 e. The molecule has 3 heterocycles. The normalized spacial score (nSPS) is 15.9. The number of piperazine rings is 1. The number of aromatic nitrogens is 2. The summed E-state index contributed by atoms with van der Waals surface area (Å²) in [5.74, 6) is 0.0974. The van der Waals surface area contributed by atoms with E-state index in [1.165, 1.54) is 10.5 Å². The molecule has 4 rings (SSSR count). The summed E-state index contributed by atoms with van der Waals surface area (Å²) in [4.78, 5) is 24.3. The minimum Gasteiger partial charge on any atom is -0.340 e. The van der Waals surface area contributed by atoms with Crippen molar-refractivity contribution in [2.75, 3.05) is 26.2 Å². The van der Waals surface area contributed by atoms with Crippen molar-refractivity contribution >= 4 is 37.5 Å². The van der Waals surface area contributed by atoms with Gasteiger partial charge in [-0.3, -0.25) is 9.78 Å². The molecule has 32 heavy (non-hydrogen) atoms. The molecule has 1 aliphatic rings. The molecule has 2 aromatic heterocycles. The predicted octanol–water partition coefficient (Wildman–Crippen LogP) is 3.57. The minimum atomic E-state index is -3.60. The summed E-state index contributed by atoms with van der Waals surface area (Å²) in [5, 5.41) is 0.973. The van der Waals surface area contributed by atoms with Gasteiger partial charge < -0.3 is 4.90 Å². The second-order valence-corrected chi connectivity index (χ2v) is 11.2. The number of thiazole rings is 1. The van der Waals surface area contributed by atoms with Gasteiger partial charge in [-0.25, -0.2) is 13.4 Å². The third kappa shape index (κ3) is 4.29. The number of fused-ring (bicyclic) bond motifs is 1. The zero-order valence-corrected chi connectivity index (χ0v) is 20.0. The van der Waals surface area contributed by atoms with Gasteiger partial charge in [0, 0.05) is 45.0 Å². The maximum absolute atomic E-state index is 13.7. The Bertz CT molecular complexity index is 1150. The van der Waals surface area contributed by atoms with Crippen molar-refractivity contribution in [3.05, 3.63) is 53.8 Å². The van der Waals surface area contributed by atoms with E-state index in [0.717, 1.165) is 15.2 Å². The minimum absolute atomic E-state index is 0.0974. The van der Waals surface area contributed by atoms with Crippen molar-refractivity contribution in [3.63, 3.8) is 0 Å². The van der Waals surface area contributed by atoms with Crippen LogP contribution in [0.4, 0.5) is 0 Å². The van der Waals surface area contributed by atoms with Crippen molar-refractivity contribution < 1.29 is 13.2 Å². The first-order valence-electron chi connectivity index (χ1n) is 10.9. The molecular weight excluding hydrogens is 444 g/mol. The first kappa shape index (κ1) is 22.8. The Hall–Kier alpha value is -2.36. The number of hydrogen-bond donors (Lipinski definition) is 0. The quantitative estimate of drug-likeness (QED) is 0.525. The Kier molecular flexibility index (Phi) is 6.60. The maximum atomic E-state index is 13.7. The van der Waals surface area contributed by atoms with Crippen LogP contribution in [0.3, 0.4) is 0 Å². The summed E-state index contributed by atoms with van der Waals surface area (Å²) in [6.45, 7) is 5.46. The molecule has 0 radical (unpaired) electrons. The molecule has 1 saturated heterocycles. The van der Waals surface area contributed by atoms with Crippen LogP contribution in [0.15, 0.2) is 53.7 Å². The first-order chi connectivity index (χ1) is 15.4. The van der Waals surface area contributed by atoms with Crippen LogP contribution in [0.1, 0.15) is 31.7 Å². The third-order valence-corrected chi connectivity index (χ3v) is 9.35. The molecule has 0 unspecified atom stereocenters. The molecule has 0 spiro atoms. The van der Waals surface area contributed by atoms with Gasteiger partial charge in [-0.1, -0.05) is 26.0 Å². The van der Waals surface area contributed by atoms with Crippen LogP contribution in [0.2, 0.25) is 0 Å². The zero-order valence-electron chi connectivity index (χ0n) is 18.4. The zero-order chi connectivity index (χ0) is 22.8. The van der Waals surface area contributed by atoms with Crippen LogP contribution >= 0.6 is 11.3 Å². The lowest BCUT2D eigenvalue weighted by Gasteiger charge is -2.40. The van der Waals surface area contributed by atoms with E-state index in [-0.39, 0.29) is 23.9 Å².